The summed E-state index contributed by atoms with van der Waals surface area (Å²) in [4.78, 5) is 9.22. The number of hydrogen-bond acceptors (Lipinski definition) is 2. The average molecular weight is 585 g/mol. The van der Waals surface area contributed by atoms with Gasteiger partial charge in [-0.3, -0.25) is 9.97 Å². The molecule has 0 fully saturated rings. The summed E-state index contributed by atoms with van der Waals surface area (Å²) < 4.78 is 0. The first-order valence-corrected chi connectivity index (χ1v) is 16.4. The molecule has 0 amide bonds. The smallest absolute Gasteiger partial charge is 0.0701 e. The quantitative estimate of drug-likeness (QED) is 0.238. The molecule has 0 N–H and O–H groups in total. The van der Waals surface area contributed by atoms with E-state index in [9.17, 15) is 0 Å². The van der Waals surface area contributed by atoms with Crippen molar-refractivity contribution in [2.75, 3.05) is 0 Å². The van der Waals surface area contributed by atoms with Crippen LogP contribution < -0.4 is 0 Å². The monoisotopic (exact) mass is 584 g/mol. The molecule has 2 heteroatoms. The van der Waals surface area contributed by atoms with Crippen molar-refractivity contribution in [2.24, 2.45) is 11.3 Å². The minimum absolute atomic E-state index is 0.144. The maximum atomic E-state index is 4.62. The lowest BCUT2D eigenvalue weighted by atomic mass is 9.59. The molecule has 0 spiro atoms. The Bertz CT molecular complexity index is 1950. The minimum atomic E-state index is -0.144. The number of nitrogens with zero attached hydrogens (tertiary/aromatic N) is 2. The summed E-state index contributed by atoms with van der Waals surface area (Å²) in [5, 5.41) is 0. The van der Waals surface area contributed by atoms with Crippen molar-refractivity contribution in [1.82, 2.24) is 9.97 Å². The zero-order valence-corrected chi connectivity index (χ0v) is 26.7. The largest absolute Gasteiger partial charge is 0.256 e. The van der Waals surface area contributed by atoms with Crippen molar-refractivity contribution in [3.8, 4) is 11.3 Å². The molecule has 2 aromatic carbocycles. The third-order valence-electron chi connectivity index (χ3n) is 10.6. The second-order valence-corrected chi connectivity index (χ2v) is 14.4. The van der Waals surface area contributed by atoms with Gasteiger partial charge in [0.25, 0.3) is 0 Å². The van der Waals surface area contributed by atoms with E-state index in [4.69, 9.17) is 0 Å². The number of hydrogen-bond donors (Lipinski definition) is 0. The van der Waals surface area contributed by atoms with E-state index in [0.29, 0.717) is 11.8 Å². The normalized spacial score (nSPS) is 23.4. The number of rotatable bonds is 4. The number of allylic oxidation sites excluding steroid dienone is 9. The van der Waals surface area contributed by atoms with Gasteiger partial charge in [-0.2, -0.15) is 0 Å². The van der Waals surface area contributed by atoms with Crippen LogP contribution in [0.2, 0.25) is 0 Å². The van der Waals surface area contributed by atoms with Crippen LogP contribution in [0.4, 0.5) is 0 Å². The van der Waals surface area contributed by atoms with Crippen LogP contribution in [-0.4, -0.2) is 9.97 Å². The Labute approximate surface area is 267 Å². The molecule has 222 valence electrons. The van der Waals surface area contributed by atoms with E-state index < -0.39 is 0 Å². The number of pyridine rings is 2. The van der Waals surface area contributed by atoms with Crippen LogP contribution in [0, 0.1) is 11.3 Å². The highest BCUT2D eigenvalue weighted by Gasteiger charge is 2.43. The molecule has 4 aliphatic rings. The molecule has 4 aliphatic carbocycles. The van der Waals surface area contributed by atoms with Gasteiger partial charge in [0.15, 0.2) is 0 Å². The molecule has 0 saturated heterocycles. The summed E-state index contributed by atoms with van der Waals surface area (Å²) >= 11 is 0. The first-order valence-electron chi connectivity index (χ1n) is 16.4. The first kappa shape index (κ1) is 28.0. The lowest BCUT2D eigenvalue weighted by Gasteiger charge is -2.45. The Balaban J connectivity index is 1.27. The van der Waals surface area contributed by atoms with Crippen LogP contribution in [0.1, 0.15) is 86.4 Å². The molecular formula is C43H40N2. The lowest BCUT2D eigenvalue weighted by Crippen LogP contribution is -2.33. The van der Waals surface area contributed by atoms with Gasteiger partial charge in [0.05, 0.1) is 11.4 Å². The SMILES string of the molecule is CC(C)(C)C1=Cc2ccc3c4c2C(C=CC4=C(C2C=CC(c4ccccn4)=CC2)CC3(C)c2ccc(-c3ccccn3)cc2)C1. The standard InChI is InChI=1S/C43H40N2/c1-42(2,3)34-25-31-17-21-35-36(28-11-13-29(14-12-28)38-9-5-7-23-44-38)27-43(4,37-22-18-32(26-34)40(31)41(35)37)33-19-15-30(16-20-33)39-10-6-8-24-45-39/h5-11,13-24,26,28,31H,12,25,27H2,1-4H3. The maximum absolute atomic E-state index is 4.62. The Morgan fingerprint density at radius 1 is 0.778 bits per heavy atom. The van der Waals surface area contributed by atoms with Crippen molar-refractivity contribution < 1.29 is 0 Å². The molecule has 45 heavy (non-hydrogen) atoms. The molecule has 4 aromatic rings. The van der Waals surface area contributed by atoms with E-state index in [1.165, 1.54) is 39.0 Å². The molecule has 2 nitrogen and oxygen atoms in total. The topological polar surface area (TPSA) is 25.8 Å². The highest BCUT2D eigenvalue weighted by atomic mass is 14.7. The van der Waals surface area contributed by atoms with Gasteiger partial charge >= 0.3 is 0 Å². The number of aromatic nitrogens is 2. The fraction of sp³-hybridized carbons (Fsp3) is 0.256. The van der Waals surface area contributed by atoms with Crippen LogP contribution in [-0.2, 0) is 5.41 Å². The van der Waals surface area contributed by atoms with Gasteiger partial charge in [-0.15, -0.1) is 0 Å². The third kappa shape index (κ3) is 4.70. The van der Waals surface area contributed by atoms with Crippen LogP contribution in [0.3, 0.4) is 0 Å². The Hall–Kier alpha value is -4.56. The van der Waals surface area contributed by atoms with E-state index in [2.05, 4.69) is 135 Å². The molecule has 0 saturated carbocycles. The molecule has 0 radical (unpaired) electrons. The second-order valence-electron chi connectivity index (χ2n) is 14.4. The average Bonchev–Trinajstić information content (AvgIpc) is 3.08. The van der Waals surface area contributed by atoms with Crippen LogP contribution in [0.5, 0.6) is 0 Å². The van der Waals surface area contributed by atoms with E-state index in [1.54, 1.807) is 11.1 Å². The van der Waals surface area contributed by atoms with Gasteiger partial charge in [0.1, 0.15) is 0 Å². The van der Waals surface area contributed by atoms with E-state index in [1.807, 2.05) is 24.5 Å². The highest BCUT2D eigenvalue weighted by Crippen LogP contribution is 2.56. The van der Waals surface area contributed by atoms with Gasteiger partial charge < -0.3 is 0 Å². The van der Waals surface area contributed by atoms with Gasteiger partial charge in [0.2, 0.25) is 0 Å². The van der Waals surface area contributed by atoms with Crippen molar-refractivity contribution in [3.63, 3.8) is 0 Å². The predicted octanol–water partition coefficient (Wildman–Crippen LogP) is 10.8. The summed E-state index contributed by atoms with van der Waals surface area (Å²) in [6, 6.07) is 26.4. The fourth-order valence-corrected chi connectivity index (χ4v) is 8.05. The minimum Gasteiger partial charge on any atom is -0.256 e. The number of benzene rings is 2. The maximum Gasteiger partial charge on any atom is 0.0701 e. The summed E-state index contributed by atoms with van der Waals surface area (Å²) in [6.07, 6.45) is 21.5. The van der Waals surface area contributed by atoms with Crippen LogP contribution >= 0.6 is 0 Å². The lowest BCUT2D eigenvalue weighted by molar-refractivity contribution is 0.475. The highest BCUT2D eigenvalue weighted by molar-refractivity contribution is 5.90. The third-order valence-corrected chi connectivity index (χ3v) is 10.6. The van der Waals surface area contributed by atoms with Gasteiger partial charge in [-0.25, -0.2) is 0 Å². The van der Waals surface area contributed by atoms with Crippen molar-refractivity contribution in [1.29, 1.82) is 0 Å². The predicted molar refractivity (Wildman–Crippen MR) is 187 cm³/mol. The molecule has 0 aliphatic heterocycles. The fourth-order valence-electron chi connectivity index (χ4n) is 8.05. The van der Waals surface area contributed by atoms with Gasteiger partial charge in [-0.1, -0.05) is 124 Å². The molecule has 8 rings (SSSR count). The molecule has 3 unspecified atom stereocenters. The second kappa shape index (κ2) is 10.5. The van der Waals surface area contributed by atoms with Crippen molar-refractivity contribution >= 4 is 17.2 Å². The van der Waals surface area contributed by atoms with E-state index in [0.717, 1.165) is 36.2 Å². The summed E-state index contributed by atoms with van der Waals surface area (Å²) in [7, 11) is 0. The van der Waals surface area contributed by atoms with E-state index in [-0.39, 0.29) is 10.8 Å². The van der Waals surface area contributed by atoms with E-state index >= 15 is 0 Å². The summed E-state index contributed by atoms with van der Waals surface area (Å²) in [5.41, 5.74) is 16.3. The summed E-state index contributed by atoms with van der Waals surface area (Å²) in [6.45, 7) is 9.54. The molecule has 2 heterocycles. The molecule has 3 atom stereocenters. The Morgan fingerprint density at radius 3 is 2.18 bits per heavy atom. The van der Waals surface area contributed by atoms with Gasteiger partial charge in [0, 0.05) is 35.2 Å². The summed E-state index contributed by atoms with van der Waals surface area (Å²) in [5.74, 6) is 0.777. The van der Waals surface area contributed by atoms with Crippen LogP contribution in [0.15, 0.2) is 127 Å². The Kier molecular flexibility index (Phi) is 6.53. The van der Waals surface area contributed by atoms with Crippen molar-refractivity contribution in [2.45, 2.75) is 58.3 Å². The zero-order valence-electron chi connectivity index (χ0n) is 26.7. The van der Waals surface area contributed by atoms with Crippen molar-refractivity contribution in [3.05, 3.63) is 160 Å². The zero-order chi connectivity index (χ0) is 30.8. The molecule has 2 aromatic heterocycles. The van der Waals surface area contributed by atoms with Gasteiger partial charge in [-0.05, 0) is 87.9 Å². The molecule has 0 bridgehead atoms. The Morgan fingerprint density at radius 2 is 1.51 bits per heavy atom. The first-order chi connectivity index (χ1) is 21.8. The molecular weight excluding hydrogens is 544 g/mol. The van der Waals surface area contributed by atoms with Crippen LogP contribution in [0.25, 0.3) is 28.5 Å².